The molecule has 1 fully saturated rings. The van der Waals surface area contributed by atoms with Crippen molar-refractivity contribution in [3.63, 3.8) is 0 Å². The van der Waals surface area contributed by atoms with Crippen molar-refractivity contribution in [2.75, 3.05) is 18.4 Å². The maximum Gasteiger partial charge on any atom is 0.259 e. The van der Waals surface area contributed by atoms with Gasteiger partial charge in [0.2, 0.25) is 10.0 Å². The summed E-state index contributed by atoms with van der Waals surface area (Å²) in [5.74, 6) is 0.736. The number of carbonyl (C=O) groups excluding carboxylic acids is 1. The minimum atomic E-state index is -3.48. The average molecular weight is 423 g/mol. The van der Waals surface area contributed by atoms with Crippen molar-refractivity contribution in [2.24, 2.45) is 0 Å². The number of nitrogens with zero attached hydrogens (tertiary/aromatic N) is 1. The number of hydrogen-bond acceptors (Lipinski definition) is 4. The Morgan fingerprint density at radius 2 is 1.47 bits per heavy atom. The lowest BCUT2D eigenvalue weighted by Gasteiger charge is -2.16. The number of ether oxygens (including phenoxy) is 1. The number of amides is 1. The second-order valence-electron chi connectivity index (χ2n) is 7.00. The first-order chi connectivity index (χ1) is 14.5. The van der Waals surface area contributed by atoms with Gasteiger partial charge in [-0.1, -0.05) is 30.3 Å². The van der Waals surface area contributed by atoms with Crippen molar-refractivity contribution < 1.29 is 17.9 Å². The molecule has 0 saturated carbocycles. The molecule has 1 aliphatic heterocycles. The van der Waals surface area contributed by atoms with Crippen molar-refractivity contribution in [1.29, 1.82) is 0 Å². The zero-order chi connectivity index (χ0) is 21.0. The highest BCUT2D eigenvalue weighted by Gasteiger charge is 2.27. The highest BCUT2D eigenvalue weighted by molar-refractivity contribution is 7.89. The lowest BCUT2D eigenvalue weighted by Crippen LogP contribution is -2.27. The SMILES string of the molecule is O=C(Nc1ccc(S(=O)(=O)N2CCCC2)cc1)c1ccccc1Oc1ccccc1. The number of nitrogens with one attached hydrogen (secondary N) is 1. The first-order valence-electron chi connectivity index (χ1n) is 9.77. The Labute approximate surface area is 176 Å². The largest absolute Gasteiger partial charge is 0.457 e. The fourth-order valence-electron chi connectivity index (χ4n) is 3.34. The van der Waals surface area contributed by atoms with E-state index < -0.39 is 10.0 Å². The van der Waals surface area contributed by atoms with Gasteiger partial charge in [0.05, 0.1) is 10.5 Å². The molecule has 3 aromatic rings. The van der Waals surface area contributed by atoms with Crippen LogP contribution < -0.4 is 10.1 Å². The van der Waals surface area contributed by atoms with Gasteiger partial charge in [-0.15, -0.1) is 0 Å². The van der Waals surface area contributed by atoms with Crippen LogP contribution in [0.25, 0.3) is 0 Å². The van der Waals surface area contributed by atoms with Crippen molar-refractivity contribution in [1.82, 2.24) is 4.31 Å². The van der Waals surface area contributed by atoms with Gasteiger partial charge in [-0.3, -0.25) is 4.79 Å². The zero-order valence-electron chi connectivity index (χ0n) is 16.3. The van der Waals surface area contributed by atoms with Crippen LogP contribution >= 0.6 is 0 Å². The average Bonchev–Trinajstić information content (AvgIpc) is 3.31. The summed E-state index contributed by atoms with van der Waals surface area (Å²) in [6, 6.07) is 22.4. The van der Waals surface area contributed by atoms with E-state index in [9.17, 15) is 13.2 Å². The van der Waals surface area contributed by atoms with E-state index in [-0.39, 0.29) is 10.8 Å². The van der Waals surface area contributed by atoms with Gasteiger partial charge in [0.25, 0.3) is 5.91 Å². The normalized spacial score (nSPS) is 14.4. The highest BCUT2D eigenvalue weighted by Crippen LogP contribution is 2.26. The summed E-state index contributed by atoms with van der Waals surface area (Å²) < 4.78 is 32.6. The first-order valence-corrected chi connectivity index (χ1v) is 11.2. The molecule has 0 aliphatic carbocycles. The summed E-state index contributed by atoms with van der Waals surface area (Å²) in [7, 11) is -3.48. The Hall–Kier alpha value is -3.16. The Morgan fingerprint density at radius 1 is 0.833 bits per heavy atom. The summed E-state index contributed by atoms with van der Waals surface area (Å²) >= 11 is 0. The fraction of sp³-hybridized carbons (Fsp3) is 0.174. The Balaban J connectivity index is 1.49. The van der Waals surface area contributed by atoms with Crippen LogP contribution in [0.3, 0.4) is 0 Å². The van der Waals surface area contributed by atoms with Gasteiger partial charge in [-0.2, -0.15) is 4.31 Å². The molecule has 7 heteroatoms. The molecule has 1 aliphatic rings. The van der Waals surface area contributed by atoms with Gasteiger partial charge in [0, 0.05) is 18.8 Å². The van der Waals surface area contributed by atoms with E-state index in [1.807, 2.05) is 30.3 Å². The van der Waals surface area contributed by atoms with Crippen molar-refractivity contribution in [3.8, 4) is 11.5 Å². The van der Waals surface area contributed by atoms with Crippen molar-refractivity contribution in [2.45, 2.75) is 17.7 Å². The predicted octanol–water partition coefficient (Wildman–Crippen LogP) is 4.52. The van der Waals surface area contributed by atoms with Crippen LogP contribution in [0.1, 0.15) is 23.2 Å². The Morgan fingerprint density at radius 3 is 2.17 bits per heavy atom. The fourth-order valence-corrected chi connectivity index (χ4v) is 4.86. The number of hydrogen-bond donors (Lipinski definition) is 1. The Kier molecular flexibility index (Phi) is 5.83. The van der Waals surface area contributed by atoms with Crippen molar-refractivity contribution >= 4 is 21.6 Å². The van der Waals surface area contributed by atoms with E-state index in [4.69, 9.17) is 4.74 Å². The molecule has 6 nitrogen and oxygen atoms in total. The lowest BCUT2D eigenvalue weighted by atomic mass is 10.2. The van der Waals surface area contributed by atoms with E-state index in [0.717, 1.165) is 12.8 Å². The van der Waals surface area contributed by atoms with Crippen LogP contribution in [0.5, 0.6) is 11.5 Å². The number of carbonyl (C=O) groups is 1. The summed E-state index contributed by atoms with van der Waals surface area (Å²) in [6.07, 6.45) is 1.77. The van der Waals surface area contributed by atoms with Crippen LogP contribution in [0.4, 0.5) is 5.69 Å². The molecular weight excluding hydrogens is 400 g/mol. The van der Waals surface area contributed by atoms with Crippen LogP contribution in [-0.2, 0) is 10.0 Å². The molecule has 1 saturated heterocycles. The third kappa shape index (κ3) is 4.37. The third-order valence-electron chi connectivity index (χ3n) is 4.92. The molecule has 0 atom stereocenters. The molecule has 154 valence electrons. The second kappa shape index (κ2) is 8.69. The van der Waals surface area contributed by atoms with Gasteiger partial charge >= 0.3 is 0 Å². The highest BCUT2D eigenvalue weighted by atomic mass is 32.2. The summed E-state index contributed by atoms with van der Waals surface area (Å²) in [6.45, 7) is 1.11. The van der Waals surface area contributed by atoms with Crippen molar-refractivity contribution in [3.05, 3.63) is 84.4 Å². The lowest BCUT2D eigenvalue weighted by molar-refractivity contribution is 0.102. The minimum Gasteiger partial charge on any atom is -0.457 e. The second-order valence-corrected chi connectivity index (χ2v) is 8.94. The van der Waals surface area contributed by atoms with Crippen LogP contribution in [-0.4, -0.2) is 31.7 Å². The van der Waals surface area contributed by atoms with Gasteiger partial charge in [0.15, 0.2) is 0 Å². The molecule has 30 heavy (non-hydrogen) atoms. The molecule has 0 bridgehead atoms. The van der Waals surface area contributed by atoms with Gasteiger partial charge < -0.3 is 10.1 Å². The van der Waals surface area contributed by atoms with E-state index in [2.05, 4.69) is 5.32 Å². The van der Waals surface area contributed by atoms with E-state index >= 15 is 0 Å². The van der Waals surface area contributed by atoms with Gasteiger partial charge in [-0.05, 0) is 61.4 Å². The first kappa shape index (κ1) is 20.1. The van der Waals surface area contributed by atoms with Gasteiger partial charge in [0.1, 0.15) is 11.5 Å². The molecule has 1 amide bonds. The molecule has 3 aromatic carbocycles. The van der Waals surface area contributed by atoms with E-state index in [0.29, 0.717) is 35.8 Å². The number of benzene rings is 3. The molecule has 0 aromatic heterocycles. The topological polar surface area (TPSA) is 75.7 Å². The number of sulfonamides is 1. The summed E-state index contributed by atoms with van der Waals surface area (Å²) in [5.41, 5.74) is 0.894. The monoisotopic (exact) mass is 422 g/mol. The molecule has 1 heterocycles. The minimum absolute atomic E-state index is 0.232. The zero-order valence-corrected chi connectivity index (χ0v) is 17.1. The summed E-state index contributed by atoms with van der Waals surface area (Å²) in [5, 5.41) is 2.81. The summed E-state index contributed by atoms with van der Waals surface area (Å²) in [4.78, 5) is 13.0. The van der Waals surface area contributed by atoms with Crippen LogP contribution in [0.15, 0.2) is 83.8 Å². The Bertz CT molecular complexity index is 1120. The maximum absolute atomic E-state index is 12.8. The van der Waals surface area contributed by atoms with E-state index in [1.54, 1.807) is 36.4 Å². The number of anilines is 1. The standard InChI is InChI=1S/C23H22N2O4S/c26-23(21-10-4-5-11-22(21)29-19-8-2-1-3-9-19)24-18-12-14-20(15-13-18)30(27,28)25-16-6-7-17-25/h1-5,8-15H,6-7,16-17H2,(H,24,26). The molecule has 1 N–H and O–H groups in total. The van der Waals surface area contributed by atoms with Crippen LogP contribution in [0, 0.1) is 0 Å². The van der Waals surface area contributed by atoms with E-state index in [1.165, 1.54) is 16.4 Å². The van der Waals surface area contributed by atoms with Crippen LogP contribution in [0.2, 0.25) is 0 Å². The smallest absolute Gasteiger partial charge is 0.259 e. The number of rotatable bonds is 6. The molecule has 0 unspecified atom stereocenters. The molecule has 0 spiro atoms. The number of para-hydroxylation sites is 2. The molecular formula is C23H22N2O4S. The maximum atomic E-state index is 12.8. The quantitative estimate of drug-likeness (QED) is 0.634. The van der Waals surface area contributed by atoms with Gasteiger partial charge in [-0.25, -0.2) is 8.42 Å². The molecule has 0 radical (unpaired) electrons. The third-order valence-corrected chi connectivity index (χ3v) is 6.83. The molecule has 4 rings (SSSR count). The predicted molar refractivity (Wildman–Crippen MR) is 115 cm³/mol.